The zero-order valence-corrected chi connectivity index (χ0v) is 17.2. The van der Waals surface area contributed by atoms with Gasteiger partial charge in [-0.2, -0.15) is 0 Å². The van der Waals surface area contributed by atoms with Crippen molar-refractivity contribution >= 4 is 41.0 Å². The minimum absolute atomic E-state index is 0. The topological polar surface area (TPSA) is 45.5 Å². The van der Waals surface area contributed by atoms with Gasteiger partial charge in [-0.3, -0.25) is 4.99 Å². The maximum Gasteiger partial charge on any atom is 0.193 e. The summed E-state index contributed by atoms with van der Waals surface area (Å²) in [6.07, 6.45) is 4.22. The van der Waals surface area contributed by atoms with Gasteiger partial charge in [-0.15, -0.1) is 24.0 Å². The first-order chi connectivity index (χ1) is 11.1. The number of imidazole rings is 1. The number of aryl methyl sites for hydroxylation is 1. The van der Waals surface area contributed by atoms with E-state index in [1.54, 1.807) is 0 Å². The van der Waals surface area contributed by atoms with Crippen molar-refractivity contribution in [3.8, 4) is 0 Å². The number of guanidine groups is 1. The molecule has 0 atom stereocenters. The van der Waals surface area contributed by atoms with E-state index in [-0.39, 0.29) is 24.0 Å². The van der Waals surface area contributed by atoms with Gasteiger partial charge in [0.05, 0.1) is 17.4 Å². The number of hydrogen-bond acceptors (Lipinski definition) is 2. The summed E-state index contributed by atoms with van der Waals surface area (Å²) >= 11 is 0. The van der Waals surface area contributed by atoms with Gasteiger partial charge in [0.15, 0.2) is 5.96 Å². The number of fused-ring (bicyclic) bond motifs is 1. The second kappa shape index (κ2) is 8.18. The summed E-state index contributed by atoms with van der Waals surface area (Å²) in [6.45, 7) is 8.72. The second-order valence-corrected chi connectivity index (χ2v) is 7.09. The Kier molecular flexibility index (Phi) is 6.48. The number of nitrogens with one attached hydrogen (secondary N) is 1. The lowest BCUT2D eigenvalue weighted by atomic mass is 9.93. The number of likely N-dealkylation sites (tertiary alicyclic amines) is 1. The van der Waals surface area contributed by atoms with Gasteiger partial charge in [0, 0.05) is 33.2 Å². The molecule has 5 nitrogen and oxygen atoms in total. The SMILES string of the molecule is CN=C(NCCCn1cnc2ccccc21)N1CCC(C)(C)C1.I. The normalized spacial score (nSPS) is 17.1. The fourth-order valence-electron chi connectivity index (χ4n) is 3.26. The highest BCUT2D eigenvalue weighted by atomic mass is 127. The molecule has 1 N–H and O–H groups in total. The first-order valence-corrected chi connectivity index (χ1v) is 8.44. The Labute approximate surface area is 161 Å². The summed E-state index contributed by atoms with van der Waals surface area (Å²) in [6, 6.07) is 8.28. The predicted octanol–water partition coefficient (Wildman–Crippen LogP) is 3.35. The molecule has 0 unspecified atom stereocenters. The molecule has 0 saturated carbocycles. The summed E-state index contributed by atoms with van der Waals surface area (Å²) < 4.78 is 2.22. The molecule has 0 amide bonds. The van der Waals surface area contributed by atoms with Crippen LogP contribution in [0.1, 0.15) is 26.7 Å². The molecule has 3 rings (SSSR count). The first-order valence-electron chi connectivity index (χ1n) is 8.44. The molecule has 2 aromatic rings. The Morgan fingerprint density at radius 1 is 1.33 bits per heavy atom. The fourth-order valence-corrected chi connectivity index (χ4v) is 3.26. The highest BCUT2D eigenvalue weighted by Gasteiger charge is 2.30. The summed E-state index contributed by atoms with van der Waals surface area (Å²) in [5.74, 6) is 1.03. The van der Waals surface area contributed by atoms with Gasteiger partial charge < -0.3 is 14.8 Å². The van der Waals surface area contributed by atoms with Crippen molar-refractivity contribution in [2.75, 3.05) is 26.7 Å². The van der Waals surface area contributed by atoms with Gasteiger partial charge >= 0.3 is 0 Å². The average Bonchev–Trinajstić information content (AvgIpc) is 3.11. The van der Waals surface area contributed by atoms with E-state index in [0.29, 0.717) is 5.41 Å². The summed E-state index contributed by atoms with van der Waals surface area (Å²) in [5, 5.41) is 3.50. The number of halogens is 1. The van der Waals surface area contributed by atoms with Crippen LogP contribution in [0.5, 0.6) is 0 Å². The second-order valence-electron chi connectivity index (χ2n) is 7.09. The third-order valence-electron chi connectivity index (χ3n) is 4.58. The predicted molar refractivity (Wildman–Crippen MR) is 111 cm³/mol. The van der Waals surface area contributed by atoms with Crippen molar-refractivity contribution in [2.45, 2.75) is 33.2 Å². The van der Waals surface area contributed by atoms with E-state index in [4.69, 9.17) is 0 Å². The summed E-state index contributed by atoms with van der Waals surface area (Å²) in [4.78, 5) is 11.2. The highest BCUT2D eigenvalue weighted by molar-refractivity contribution is 14.0. The Morgan fingerprint density at radius 2 is 2.12 bits per heavy atom. The first kappa shape index (κ1) is 19.0. The number of benzene rings is 1. The molecule has 6 heteroatoms. The largest absolute Gasteiger partial charge is 0.356 e. The molecule has 0 bridgehead atoms. The lowest BCUT2D eigenvalue weighted by Gasteiger charge is -2.23. The van der Waals surface area contributed by atoms with Crippen LogP contribution in [0.2, 0.25) is 0 Å². The lowest BCUT2D eigenvalue weighted by Crippen LogP contribution is -2.41. The smallest absolute Gasteiger partial charge is 0.193 e. The van der Waals surface area contributed by atoms with Gasteiger partial charge in [0.2, 0.25) is 0 Å². The van der Waals surface area contributed by atoms with Crippen LogP contribution in [-0.4, -0.2) is 47.1 Å². The molecule has 0 spiro atoms. The number of hydrogen-bond donors (Lipinski definition) is 1. The van der Waals surface area contributed by atoms with Gasteiger partial charge in [0.1, 0.15) is 0 Å². The molecule has 0 aliphatic carbocycles. The molecule has 24 heavy (non-hydrogen) atoms. The number of para-hydroxylation sites is 2. The molecular formula is C18H28IN5. The zero-order chi connectivity index (χ0) is 16.3. The number of rotatable bonds is 4. The molecule has 1 saturated heterocycles. The van der Waals surface area contributed by atoms with Crippen LogP contribution < -0.4 is 5.32 Å². The molecule has 1 aliphatic heterocycles. The number of aliphatic imine (C=N–C) groups is 1. The Hall–Kier alpha value is -1.31. The van der Waals surface area contributed by atoms with Crippen LogP contribution in [0.15, 0.2) is 35.6 Å². The van der Waals surface area contributed by atoms with Gasteiger partial charge in [0.25, 0.3) is 0 Å². The standard InChI is InChI=1S/C18H27N5.HI/c1-18(2)9-12-22(13-18)17(19-3)20-10-6-11-23-14-21-15-7-4-5-8-16(15)23;/h4-5,7-8,14H,6,9-13H2,1-3H3,(H,19,20);1H. The van der Waals surface area contributed by atoms with Crippen molar-refractivity contribution in [2.24, 2.45) is 10.4 Å². The average molecular weight is 441 g/mol. The quantitative estimate of drug-likeness (QED) is 0.343. The van der Waals surface area contributed by atoms with Crippen molar-refractivity contribution in [1.82, 2.24) is 19.8 Å². The van der Waals surface area contributed by atoms with Crippen LogP contribution in [0.25, 0.3) is 11.0 Å². The molecule has 132 valence electrons. The maximum absolute atomic E-state index is 4.44. The third-order valence-corrected chi connectivity index (χ3v) is 4.58. The van der Waals surface area contributed by atoms with E-state index in [0.717, 1.165) is 44.1 Å². The number of aromatic nitrogens is 2. The summed E-state index contributed by atoms with van der Waals surface area (Å²) in [7, 11) is 1.87. The van der Waals surface area contributed by atoms with Gasteiger partial charge in [-0.1, -0.05) is 26.0 Å². The number of nitrogens with zero attached hydrogens (tertiary/aromatic N) is 4. The Bertz CT molecular complexity index is 692. The van der Waals surface area contributed by atoms with Crippen molar-refractivity contribution in [1.29, 1.82) is 0 Å². The van der Waals surface area contributed by atoms with E-state index in [1.807, 2.05) is 19.4 Å². The van der Waals surface area contributed by atoms with Crippen molar-refractivity contribution in [3.63, 3.8) is 0 Å². The Morgan fingerprint density at radius 3 is 2.83 bits per heavy atom. The van der Waals surface area contributed by atoms with E-state index < -0.39 is 0 Å². The fraction of sp³-hybridized carbons (Fsp3) is 0.556. The third kappa shape index (κ3) is 4.40. The Balaban J connectivity index is 0.00000208. The van der Waals surface area contributed by atoms with Crippen LogP contribution in [0.3, 0.4) is 0 Å². The van der Waals surface area contributed by atoms with Crippen LogP contribution in [0, 0.1) is 5.41 Å². The van der Waals surface area contributed by atoms with Crippen LogP contribution >= 0.6 is 24.0 Å². The molecule has 0 radical (unpaired) electrons. The van der Waals surface area contributed by atoms with E-state index in [9.17, 15) is 0 Å². The van der Waals surface area contributed by atoms with E-state index in [2.05, 4.69) is 56.8 Å². The zero-order valence-electron chi connectivity index (χ0n) is 14.8. The van der Waals surface area contributed by atoms with Crippen molar-refractivity contribution in [3.05, 3.63) is 30.6 Å². The van der Waals surface area contributed by atoms with Crippen molar-refractivity contribution < 1.29 is 0 Å². The molecule has 1 aromatic carbocycles. The minimum Gasteiger partial charge on any atom is -0.356 e. The van der Waals surface area contributed by atoms with Crippen LogP contribution in [-0.2, 0) is 6.54 Å². The molecule has 1 aliphatic rings. The van der Waals surface area contributed by atoms with E-state index in [1.165, 1.54) is 11.9 Å². The van der Waals surface area contributed by atoms with Gasteiger partial charge in [-0.05, 0) is 30.4 Å². The van der Waals surface area contributed by atoms with Gasteiger partial charge in [-0.25, -0.2) is 4.98 Å². The molecular weight excluding hydrogens is 413 g/mol. The van der Waals surface area contributed by atoms with Crippen LogP contribution in [0.4, 0.5) is 0 Å². The highest BCUT2D eigenvalue weighted by Crippen LogP contribution is 2.28. The van der Waals surface area contributed by atoms with E-state index >= 15 is 0 Å². The maximum atomic E-state index is 4.44. The lowest BCUT2D eigenvalue weighted by molar-refractivity contribution is 0.370. The summed E-state index contributed by atoms with van der Waals surface area (Å²) in [5.41, 5.74) is 2.67. The molecule has 1 aromatic heterocycles. The molecule has 1 fully saturated rings. The minimum atomic E-state index is 0. The molecule has 2 heterocycles. The monoisotopic (exact) mass is 441 g/mol.